The topological polar surface area (TPSA) is 24.7 Å². The lowest BCUT2D eigenvalue weighted by Gasteiger charge is -2.20. The first-order valence-corrected chi connectivity index (χ1v) is 7.66. The summed E-state index contributed by atoms with van der Waals surface area (Å²) in [6.07, 6.45) is 3.00. The summed E-state index contributed by atoms with van der Waals surface area (Å²) in [6, 6.07) is 8.18. The van der Waals surface area contributed by atoms with Crippen molar-refractivity contribution in [2.75, 3.05) is 13.6 Å². The van der Waals surface area contributed by atoms with Crippen molar-refractivity contribution in [3.05, 3.63) is 51.9 Å². The fourth-order valence-corrected chi connectivity index (χ4v) is 2.58. The smallest absolute Gasteiger partial charge is 0.259 e. The normalized spacial score (nSPS) is 12.3. The third-order valence-electron chi connectivity index (χ3n) is 3.85. The second-order valence-corrected chi connectivity index (χ2v) is 6.86. The van der Waals surface area contributed by atoms with E-state index in [-0.39, 0.29) is 11.0 Å². The number of nitrogens with zero attached hydrogens (tertiary/aromatic N) is 2. The van der Waals surface area contributed by atoms with Crippen molar-refractivity contribution < 1.29 is 0 Å². The molecule has 0 aliphatic carbocycles. The minimum Gasteiger partial charge on any atom is -0.302 e. The van der Waals surface area contributed by atoms with Gasteiger partial charge in [-0.3, -0.25) is 9.20 Å². The van der Waals surface area contributed by atoms with E-state index < -0.39 is 0 Å². The Kier molecular flexibility index (Phi) is 4.52. The summed E-state index contributed by atoms with van der Waals surface area (Å²) < 4.78 is 1.75. The van der Waals surface area contributed by atoms with Gasteiger partial charge in [-0.2, -0.15) is 0 Å². The van der Waals surface area contributed by atoms with Crippen LogP contribution in [0, 0.1) is 0 Å². The summed E-state index contributed by atoms with van der Waals surface area (Å²) in [4.78, 5) is 14.8. The minimum atomic E-state index is 0.0934. The van der Waals surface area contributed by atoms with Gasteiger partial charge in [0.2, 0.25) is 0 Å². The zero-order chi connectivity index (χ0) is 15.6. The van der Waals surface area contributed by atoms with Crippen LogP contribution in [0.3, 0.4) is 0 Å². The van der Waals surface area contributed by atoms with Crippen molar-refractivity contribution in [3.63, 3.8) is 0 Å². The summed E-state index contributed by atoms with van der Waals surface area (Å²) in [5, 5.41) is 0. The van der Waals surface area contributed by atoms with E-state index in [1.54, 1.807) is 4.40 Å². The molecule has 0 bridgehead atoms. The molecule has 2 aromatic heterocycles. The summed E-state index contributed by atoms with van der Waals surface area (Å²) in [5.41, 5.74) is 3.26. The van der Waals surface area contributed by atoms with E-state index in [9.17, 15) is 4.79 Å². The first-order valence-electron chi connectivity index (χ1n) is 7.66. The number of hydrogen-bond donors (Lipinski definition) is 0. The third kappa shape index (κ3) is 3.53. The molecule has 0 atom stereocenters. The van der Waals surface area contributed by atoms with Crippen molar-refractivity contribution in [2.45, 2.75) is 46.1 Å². The molecule has 0 N–H and O–H groups in total. The van der Waals surface area contributed by atoms with Crippen molar-refractivity contribution in [2.24, 2.45) is 0 Å². The van der Waals surface area contributed by atoms with Crippen LogP contribution in [-0.4, -0.2) is 22.9 Å². The lowest BCUT2D eigenvalue weighted by molar-refractivity contribution is 0.326. The molecule has 0 radical (unpaired) electrons. The van der Waals surface area contributed by atoms with Crippen LogP contribution in [0.2, 0.25) is 0 Å². The largest absolute Gasteiger partial charge is 0.302 e. The molecule has 0 aliphatic rings. The molecule has 0 saturated carbocycles. The van der Waals surface area contributed by atoms with Crippen LogP contribution in [0.1, 0.15) is 45.2 Å². The quantitative estimate of drug-likeness (QED) is 0.860. The van der Waals surface area contributed by atoms with E-state index in [0.717, 1.165) is 24.0 Å². The van der Waals surface area contributed by atoms with Crippen molar-refractivity contribution >= 4 is 5.52 Å². The van der Waals surface area contributed by atoms with Crippen LogP contribution in [0.15, 0.2) is 35.3 Å². The van der Waals surface area contributed by atoms with E-state index in [0.29, 0.717) is 6.54 Å². The Morgan fingerprint density at radius 1 is 1.19 bits per heavy atom. The first kappa shape index (κ1) is 15.8. The predicted octanol–water partition coefficient (Wildman–Crippen LogP) is 3.44. The first-order chi connectivity index (χ1) is 9.82. The maximum absolute atomic E-state index is 12.6. The molecule has 0 saturated heterocycles. The molecule has 3 nitrogen and oxygen atoms in total. The molecular formula is C18H26N2O. The fraction of sp³-hybridized carbons (Fsp3) is 0.500. The lowest BCUT2D eigenvalue weighted by Crippen LogP contribution is -2.26. The Morgan fingerprint density at radius 2 is 1.90 bits per heavy atom. The van der Waals surface area contributed by atoms with Gasteiger partial charge in [-0.1, -0.05) is 33.8 Å². The minimum absolute atomic E-state index is 0.0934. The fourth-order valence-electron chi connectivity index (χ4n) is 2.58. The summed E-state index contributed by atoms with van der Waals surface area (Å²) in [6.45, 7) is 10.4. The average molecular weight is 286 g/mol. The standard InChI is InChI=1S/C18H26N2O/c1-6-10-19(5)13-14-7-8-16-12-15(18(2,3)4)9-11-20(16)17(14)21/h7-9,11-12H,6,10,13H2,1-5H3. The molecule has 0 amide bonds. The van der Waals surface area contributed by atoms with Gasteiger partial charge in [0, 0.05) is 23.8 Å². The highest BCUT2D eigenvalue weighted by Crippen LogP contribution is 2.22. The van der Waals surface area contributed by atoms with Gasteiger partial charge in [0.1, 0.15) is 0 Å². The molecule has 0 aromatic carbocycles. The molecule has 114 valence electrons. The van der Waals surface area contributed by atoms with Gasteiger partial charge in [-0.15, -0.1) is 0 Å². The number of pyridine rings is 2. The number of fused-ring (bicyclic) bond motifs is 1. The summed E-state index contributed by atoms with van der Waals surface area (Å²) >= 11 is 0. The second kappa shape index (κ2) is 6.02. The van der Waals surface area contributed by atoms with Gasteiger partial charge in [0.15, 0.2) is 0 Å². The van der Waals surface area contributed by atoms with Gasteiger partial charge < -0.3 is 4.90 Å². The zero-order valence-electron chi connectivity index (χ0n) is 13.8. The zero-order valence-corrected chi connectivity index (χ0v) is 13.8. The van der Waals surface area contributed by atoms with Crippen LogP contribution in [-0.2, 0) is 12.0 Å². The van der Waals surface area contributed by atoms with Gasteiger partial charge in [0.25, 0.3) is 5.56 Å². The molecule has 2 heterocycles. The third-order valence-corrected chi connectivity index (χ3v) is 3.85. The monoisotopic (exact) mass is 286 g/mol. The van der Waals surface area contributed by atoms with Crippen LogP contribution in [0.4, 0.5) is 0 Å². The molecule has 0 unspecified atom stereocenters. The maximum atomic E-state index is 12.6. The molecule has 0 fully saturated rings. The highest BCUT2D eigenvalue weighted by molar-refractivity contribution is 5.50. The Balaban J connectivity index is 2.42. The van der Waals surface area contributed by atoms with Crippen LogP contribution in [0.5, 0.6) is 0 Å². The Bertz CT molecular complexity index is 680. The van der Waals surface area contributed by atoms with E-state index in [4.69, 9.17) is 0 Å². The Hall–Kier alpha value is -1.61. The van der Waals surface area contributed by atoms with Gasteiger partial charge in [-0.25, -0.2) is 0 Å². The van der Waals surface area contributed by atoms with Gasteiger partial charge in [0.05, 0.1) is 0 Å². The maximum Gasteiger partial charge on any atom is 0.259 e. The molecular weight excluding hydrogens is 260 g/mol. The highest BCUT2D eigenvalue weighted by Gasteiger charge is 2.14. The Labute approximate surface area is 127 Å². The molecule has 3 heteroatoms. The predicted molar refractivity (Wildman–Crippen MR) is 89.0 cm³/mol. The number of rotatable bonds is 4. The molecule has 0 aliphatic heterocycles. The average Bonchev–Trinajstić information content (AvgIpc) is 2.41. The van der Waals surface area contributed by atoms with Crippen molar-refractivity contribution in [1.82, 2.24) is 9.30 Å². The molecule has 2 aromatic rings. The van der Waals surface area contributed by atoms with Crippen molar-refractivity contribution in [1.29, 1.82) is 0 Å². The SMILES string of the molecule is CCCN(C)Cc1ccc2cc(C(C)(C)C)ccn2c1=O. The van der Waals surface area contributed by atoms with Crippen LogP contribution >= 0.6 is 0 Å². The van der Waals surface area contributed by atoms with Gasteiger partial charge in [-0.05, 0) is 49.2 Å². The number of aromatic nitrogens is 1. The molecule has 2 rings (SSSR count). The molecule has 0 spiro atoms. The lowest BCUT2D eigenvalue weighted by atomic mass is 9.87. The van der Waals surface area contributed by atoms with Crippen LogP contribution < -0.4 is 5.56 Å². The van der Waals surface area contributed by atoms with Crippen molar-refractivity contribution in [3.8, 4) is 0 Å². The highest BCUT2D eigenvalue weighted by atomic mass is 16.1. The van der Waals surface area contributed by atoms with Crippen LogP contribution in [0.25, 0.3) is 5.52 Å². The van der Waals surface area contributed by atoms with E-state index in [2.05, 4.69) is 45.7 Å². The number of hydrogen-bond acceptors (Lipinski definition) is 2. The summed E-state index contributed by atoms with van der Waals surface area (Å²) in [5.74, 6) is 0. The van der Waals surface area contributed by atoms with Gasteiger partial charge >= 0.3 is 0 Å². The second-order valence-electron chi connectivity index (χ2n) is 6.86. The van der Waals surface area contributed by atoms with E-state index in [1.165, 1.54) is 5.56 Å². The Morgan fingerprint density at radius 3 is 2.52 bits per heavy atom. The van der Waals surface area contributed by atoms with E-state index in [1.807, 2.05) is 24.4 Å². The summed E-state index contributed by atoms with van der Waals surface area (Å²) in [7, 11) is 2.06. The molecule has 21 heavy (non-hydrogen) atoms. The van der Waals surface area contributed by atoms with E-state index >= 15 is 0 Å².